The molecule has 1 aromatic carbocycles. The van der Waals surface area contributed by atoms with Crippen molar-refractivity contribution in [2.24, 2.45) is 0 Å². The molecule has 2 heteroatoms. The van der Waals surface area contributed by atoms with Gasteiger partial charge in [-0.25, -0.2) is 0 Å². The van der Waals surface area contributed by atoms with Gasteiger partial charge >= 0.3 is 0 Å². The minimum Gasteiger partial charge on any atom is -0.467 e. The maximum absolute atomic E-state index is 5.39. The van der Waals surface area contributed by atoms with Gasteiger partial charge in [-0.1, -0.05) is 17.7 Å². The monoisotopic (exact) mass is 164 g/mol. The van der Waals surface area contributed by atoms with Gasteiger partial charge in [-0.3, -0.25) is 0 Å². The van der Waals surface area contributed by atoms with Crippen LogP contribution in [0.3, 0.4) is 0 Å². The standard InChI is InChI=1S/C10H12O2/c1-7-3-8(2)10-9(4-7)5-11-6-12-10/h3-4H,5-6H2,1-2H3. The second-order valence-corrected chi connectivity index (χ2v) is 3.18. The number of hydrogen-bond donors (Lipinski definition) is 0. The van der Waals surface area contributed by atoms with E-state index in [9.17, 15) is 0 Å². The van der Waals surface area contributed by atoms with Gasteiger partial charge in [0, 0.05) is 5.56 Å². The summed E-state index contributed by atoms with van der Waals surface area (Å²) in [4.78, 5) is 0. The summed E-state index contributed by atoms with van der Waals surface area (Å²) in [6.07, 6.45) is 0. The zero-order chi connectivity index (χ0) is 8.55. The molecule has 2 nitrogen and oxygen atoms in total. The van der Waals surface area contributed by atoms with Crippen molar-refractivity contribution < 1.29 is 9.47 Å². The third kappa shape index (κ3) is 1.18. The van der Waals surface area contributed by atoms with Gasteiger partial charge in [0.2, 0.25) is 0 Å². The molecular weight excluding hydrogens is 152 g/mol. The van der Waals surface area contributed by atoms with Crippen LogP contribution in [0.2, 0.25) is 0 Å². The van der Waals surface area contributed by atoms with Crippen LogP contribution in [0, 0.1) is 13.8 Å². The number of ether oxygens (including phenoxy) is 2. The molecule has 0 amide bonds. The molecule has 0 fully saturated rings. The summed E-state index contributed by atoms with van der Waals surface area (Å²) in [5.41, 5.74) is 3.63. The van der Waals surface area contributed by atoms with Gasteiger partial charge in [-0.05, 0) is 19.4 Å². The highest BCUT2D eigenvalue weighted by Crippen LogP contribution is 2.28. The van der Waals surface area contributed by atoms with Crippen LogP contribution < -0.4 is 4.74 Å². The minimum atomic E-state index is 0.386. The van der Waals surface area contributed by atoms with E-state index in [0.29, 0.717) is 13.4 Å². The topological polar surface area (TPSA) is 18.5 Å². The highest BCUT2D eigenvalue weighted by molar-refractivity contribution is 5.43. The maximum atomic E-state index is 5.39. The van der Waals surface area contributed by atoms with Crippen LogP contribution in [-0.2, 0) is 11.3 Å². The number of hydrogen-bond acceptors (Lipinski definition) is 2. The molecule has 12 heavy (non-hydrogen) atoms. The molecule has 0 N–H and O–H groups in total. The molecule has 1 aliphatic rings. The molecule has 0 atom stereocenters. The first kappa shape index (κ1) is 7.62. The largest absolute Gasteiger partial charge is 0.467 e. The maximum Gasteiger partial charge on any atom is 0.189 e. The van der Waals surface area contributed by atoms with Gasteiger partial charge in [0.25, 0.3) is 0 Å². The Morgan fingerprint density at radius 3 is 2.92 bits per heavy atom. The Morgan fingerprint density at radius 2 is 2.08 bits per heavy atom. The molecule has 1 aromatic rings. The van der Waals surface area contributed by atoms with Gasteiger partial charge < -0.3 is 9.47 Å². The van der Waals surface area contributed by atoms with Crippen molar-refractivity contribution in [1.82, 2.24) is 0 Å². The lowest BCUT2D eigenvalue weighted by molar-refractivity contribution is -0.0168. The van der Waals surface area contributed by atoms with Crippen LogP contribution in [0.1, 0.15) is 16.7 Å². The van der Waals surface area contributed by atoms with E-state index >= 15 is 0 Å². The average Bonchev–Trinajstić information content (AvgIpc) is 2.04. The molecule has 2 rings (SSSR count). The molecule has 0 radical (unpaired) electrons. The SMILES string of the molecule is Cc1cc(C)c2c(c1)COCO2. The molecule has 0 bridgehead atoms. The van der Waals surface area contributed by atoms with E-state index in [-0.39, 0.29) is 0 Å². The molecule has 1 aliphatic heterocycles. The van der Waals surface area contributed by atoms with E-state index in [1.54, 1.807) is 0 Å². The van der Waals surface area contributed by atoms with Crippen molar-refractivity contribution in [3.8, 4) is 5.75 Å². The first-order valence-electron chi connectivity index (χ1n) is 4.08. The van der Waals surface area contributed by atoms with Gasteiger partial charge in [-0.2, -0.15) is 0 Å². The van der Waals surface area contributed by atoms with Crippen LogP contribution in [0.5, 0.6) is 5.75 Å². The Bertz CT molecular complexity index is 305. The van der Waals surface area contributed by atoms with Crippen molar-refractivity contribution in [3.63, 3.8) is 0 Å². The number of rotatable bonds is 0. The fourth-order valence-electron chi connectivity index (χ4n) is 1.61. The van der Waals surface area contributed by atoms with Crippen LogP contribution in [-0.4, -0.2) is 6.79 Å². The predicted molar refractivity (Wildman–Crippen MR) is 46.2 cm³/mol. The van der Waals surface area contributed by atoms with Crippen molar-refractivity contribution in [3.05, 3.63) is 28.8 Å². The van der Waals surface area contributed by atoms with Crippen LogP contribution in [0.15, 0.2) is 12.1 Å². The van der Waals surface area contributed by atoms with Gasteiger partial charge in [0.1, 0.15) is 5.75 Å². The first-order chi connectivity index (χ1) is 5.77. The first-order valence-corrected chi connectivity index (χ1v) is 4.08. The smallest absolute Gasteiger partial charge is 0.189 e. The molecule has 0 spiro atoms. The van der Waals surface area contributed by atoms with Crippen molar-refractivity contribution in [2.45, 2.75) is 20.5 Å². The number of benzene rings is 1. The summed E-state index contributed by atoms with van der Waals surface area (Å²) in [5.74, 6) is 1.01. The predicted octanol–water partition coefficient (Wildman–Crippen LogP) is 2.17. The molecule has 0 saturated heterocycles. The van der Waals surface area contributed by atoms with E-state index in [1.807, 2.05) is 0 Å². The van der Waals surface area contributed by atoms with Crippen LogP contribution in [0.25, 0.3) is 0 Å². The molecule has 0 aliphatic carbocycles. The summed E-state index contributed by atoms with van der Waals surface area (Å²) < 4.78 is 10.6. The van der Waals surface area contributed by atoms with Gasteiger partial charge in [0.05, 0.1) is 6.61 Å². The van der Waals surface area contributed by atoms with Crippen molar-refractivity contribution in [2.75, 3.05) is 6.79 Å². The Hall–Kier alpha value is -1.02. The van der Waals surface area contributed by atoms with Gasteiger partial charge in [-0.15, -0.1) is 0 Å². The molecule has 64 valence electrons. The zero-order valence-electron chi connectivity index (χ0n) is 7.39. The zero-order valence-corrected chi connectivity index (χ0v) is 7.39. The summed E-state index contributed by atoms with van der Waals surface area (Å²) in [6.45, 7) is 5.22. The summed E-state index contributed by atoms with van der Waals surface area (Å²) in [6, 6.07) is 4.24. The van der Waals surface area contributed by atoms with Crippen LogP contribution in [0.4, 0.5) is 0 Å². The lowest BCUT2D eigenvalue weighted by Crippen LogP contribution is -2.12. The Labute approximate surface area is 72.1 Å². The second-order valence-electron chi connectivity index (χ2n) is 3.18. The van der Waals surface area contributed by atoms with E-state index in [4.69, 9.17) is 9.47 Å². The summed E-state index contributed by atoms with van der Waals surface area (Å²) >= 11 is 0. The molecule has 0 unspecified atom stereocenters. The molecule has 0 aromatic heterocycles. The lowest BCUT2D eigenvalue weighted by Gasteiger charge is -2.19. The number of aryl methyl sites for hydroxylation is 2. The summed E-state index contributed by atoms with van der Waals surface area (Å²) in [7, 11) is 0. The third-order valence-corrected chi connectivity index (χ3v) is 2.04. The van der Waals surface area contributed by atoms with E-state index in [0.717, 1.165) is 5.75 Å². The van der Waals surface area contributed by atoms with Crippen molar-refractivity contribution >= 4 is 0 Å². The lowest BCUT2D eigenvalue weighted by atomic mass is 10.1. The van der Waals surface area contributed by atoms with Crippen molar-refractivity contribution in [1.29, 1.82) is 0 Å². The van der Waals surface area contributed by atoms with E-state index < -0.39 is 0 Å². The summed E-state index contributed by atoms with van der Waals surface area (Å²) in [5, 5.41) is 0. The normalized spacial score (nSPS) is 15.2. The third-order valence-electron chi connectivity index (χ3n) is 2.04. The molecular formula is C10H12O2. The average molecular weight is 164 g/mol. The van der Waals surface area contributed by atoms with Crippen LogP contribution >= 0.6 is 0 Å². The quantitative estimate of drug-likeness (QED) is 0.585. The van der Waals surface area contributed by atoms with Gasteiger partial charge in [0.15, 0.2) is 6.79 Å². The highest BCUT2D eigenvalue weighted by atomic mass is 16.7. The molecule has 0 saturated carbocycles. The Kier molecular flexibility index (Phi) is 1.77. The number of fused-ring (bicyclic) bond motifs is 1. The highest BCUT2D eigenvalue weighted by Gasteiger charge is 2.12. The minimum absolute atomic E-state index is 0.386. The Balaban J connectivity index is 2.53. The Morgan fingerprint density at radius 1 is 1.25 bits per heavy atom. The fourth-order valence-corrected chi connectivity index (χ4v) is 1.61. The second kappa shape index (κ2) is 2.79. The van der Waals surface area contributed by atoms with E-state index in [2.05, 4.69) is 26.0 Å². The van der Waals surface area contributed by atoms with E-state index in [1.165, 1.54) is 16.7 Å². The fraction of sp³-hybridized carbons (Fsp3) is 0.400. The molecule has 1 heterocycles.